The van der Waals surface area contributed by atoms with Crippen LogP contribution in [0.5, 0.6) is 0 Å². The zero-order chi connectivity index (χ0) is 14.5. The van der Waals surface area contributed by atoms with Crippen molar-refractivity contribution in [3.8, 4) is 0 Å². The summed E-state index contributed by atoms with van der Waals surface area (Å²) in [7, 11) is 0. The highest BCUT2D eigenvalue weighted by Gasteiger charge is 2.22. The molecule has 0 aromatic heterocycles. The lowest BCUT2D eigenvalue weighted by atomic mass is 9.98. The van der Waals surface area contributed by atoms with Crippen LogP contribution in [-0.4, -0.2) is 44.9 Å². The van der Waals surface area contributed by atoms with E-state index in [9.17, 15) is 4.79 Å². The summed E-state index contributed by atoms with van der Waals surface area (Å²) < 4.78 is 10.6. The summed E-state index contributed by atoms with van der Waals surface area (Å²) in [5.41, 5.74) is 3.91. The lowest BCUT2D eigenvalue weighted by Crippen LogP contribution is -2.43. The second-order valence-electron chi connectivity index (χ2n) is 5.46. The number of carbonyl (C=O) groups excluding carboxylic acids is 1. The fourth-order valence-electron chi connectivity index (χ4n) is 2.86. The van der Waals surface area contributed by atoms with Crippen LogP contribution in [-0.2, 0) is 27.1 Å². The zero-order valence-corrected chi connectivity index (χ0v) is 12.2. The minimum atomic E-state index is -0.457. The van der Waals surface area contributed by atoms with E-state index in [0.717, 1.165) is 19.4 Å². The first-order chi connectivity index (χ1) is 10.3. The van der Waals surface area contributed by atoms with Crippen molar-refractivity contribution in [1.29, 1.82) is 0 Å². The third-order valence-electron chi connectivity index (χ3n) is 3.96. The number of carbonyl (C=O) groups is 1. The number of benzene rings is 1. The maximum absolute atomic E-state index is 11.9. The highest BCUT2D eigenvalue weighted by atomic mass is 16.6. The summed E-state index contributed by atoms with van der Waals surface area (Å²) in [6, 6.07) is 6.40. The number of aryl methyl sites for hydroxylation is 1. The lowest BCUT2D eigenvalue weighted by molar-refractivity contribution is -0.147. The predicted octanol–water partition coefficient (Wildman–Crippen LogP) is 1.12. The summed E-state index contributed by atoms with van der Waals surface area (Å²) in [6.45, 7) is 3.08. The SMILES string of the molecule is O=C(NCCc1cccc2c1NCCC2)C1COCCO1. The van der Waals surface area contributed by atoms with Gasteiger partial charge in [-0.25, -0.2) is 0 Å². The molecule has 1 unspecified atom stereocenters. The van der Waals surface area contributed by atoms with E-state index in [-0.39, 0.29) is 5.91 Å². The van der Waals surface area contributed by atoms with Crippen molar-refractivity contribution in [2.24, 2.45) is 0 Å². The standard InChI is InChI=1S/C16H22N2O3/c19-16(14-11-20-9-10-21-14)18-8-6-13-4-1-3-12-5-2-7-17-15(12)13/h1,3-4,14,17H,2,5-11H2,(H,18,19). The molecule has 1 amide bonds. The quantitative estimate of drug-likeness (QED) is 0.872. The molecule has 21 heavy (non-hydrogen) atoms. The Balaban J connectivity index is 1.52. The van der Waals surface area contributed by atoms with E-state index < -0.39 is 6.10 Å². The van der Waals surface area contributed by atoms with Gasteiger partial charge >= 0.3 is 0 Å². The van der Waals surface area contributed by atoms with Gasteiger partial charge in [0.15, 0.2) is 6.10 Å². The van der Waals surface area contributed by atoms with Gasteiger partial charge in [0.2, 0.25) is 0 Å². The topological polar surface area (TPSA) is 59.6 Å². The molecule has 114 valence electrons. The Bertz CT molecular complexity index is 498. The third-order valence-corrected chi connectivity index (χ3v) is 3.96. The number of ether oxygens (including phenoxy) is 2. The van der Waals surface area contributed by atoms with Crippen LogP contribution in [0.25, 0.3) is 0 Å². The molecule has 2 aliphatic rings. The average Bonchev–Trinajstić information content (AvgIpc) is 2.56. The van der Waals surface area contributed by atoms with Gasteiger partial charge in [-0.2, -0.15) is 0 Å². The van der Waals surface area contributed by atoms with E-state index >= 15 is 0 Å². The van der Waals surface area contributed by atoms with Crippen LogP contribution in [0.15, 0.2) is 18.2 Å². The van der Waals surface area contributed by atoms with Gasteiger partial charge in [-0.15, -0.1) is 0 Å². The summed E-state index contributed by atoms with van der Waals surface area (Å²) in [6.07, 6.45) is 2.69. The van der Waals surface area contributed by atoms with Crippen LogP contribution in [0.1, 0.15) is 17.5 Å². The molecule has 1 atom stereocenters. The van der Waals surface area contributed by atoms with E-state index in [0.29, 0.717) is 26.4 Å². The molecule has 0 saturated carbocycles. The Kier molecular flexibility index (Phi) is 4.72. The van der Waals surface area contributed by atoms with Crippen LogP contribution < -0.4 is 10.6 Å². The first kappa shape index (κ1) is 14.4. The van der Waals surface area contributed by atoms with Crippen LogP contribution >= 0.6 is 0 Å². The van der Waals surface area contributed by atoms with Crippen molar-refractivity contribution in [1.82, 2.24) is 5.32 Å². The van der Waals surface area contributed by atoms with Crippen molar-refractivity contribution < 1.29 is 14.3 Å². The van der Waals surface area contributed by atoms with Crippen molar-refractivity contribution in [2.75, 3.05) is 38.2 Å². The molecule has 0 aliphatic carbocycles. The number of anilines is 1. The van der Waals surface area contributed by atoms with Crippen LogP contribution in [0.4, 0.5) is 5.69 Å². The summed E-state index contributed by atoms with van der Waals surface area (Å²) >= 11 is 0. The zero-order valence-electron chi connectivity index (χ0n) is 12.2. The smallest absolute Gasteiger partial charge is 0.251 e. The highest BCUT2D eigenvalue weighted by molar-refractivity contribution is 5.81. The Labute approximate surface area is 125 Å². The molecule has 2 N–H and O–H groups in total. The highest BCUT2D eigenvalue weighted by Crippen LogP contribution is 2.26. The van der Waals surface area contributed by atoms with Crippen molar-refractivity contribution in [3.05, 3.63) is 29.3 Å². The first-order valence-corrected chi connectivity index (χ1v) is 7.66. The van der Waals surface area contributed by atoms with Gasteiger partial charge in [0.1, 0.15) is 0 Å². The minimum Gasteiger partial charge on any atom is -0.385 e. The first-order valence-electron chi connectivity index (χ1n) is 7.66. The number of fused-ring (bicyclic) bond motifs is 1. The number of para-hydroxylation sites is 1. The van der Waals surface area contributed by atoms with E-state index in [1.165, 1.54) is 23.2 Å². The maximum atomic E-state index is 11.9. The summed E-state index contributed by atoms with van der Waals surface area (Å²) in [5, 5.41) is 6.41. The van der Waals surface area contributed by atoms with E-state index in [2.05, 4.69) is 28.8 Å². The molecule has 2 heterocycles. The molecule has 2 aliphatic heterocycles. The average molecular weight is 290 g/mol. The maximum Gasteiger partial charge on any atom is 0.251 e. The number of rotatable bonds is 4. The van der Waals surface area contributed by atoms with Crippen LogP contribution in [0.3, 0.4) is 0 Å². The Morgan fingerprint density at radius 2 is 2.33 bits per heavy atom. The van der Waals surface area contributed by atoms with Crippen molar-refractivity contribution >= 4 is 11.6 Å². The minimum absolute atomic E-state index is 0.0764. The number of nitrogens with one attached hydrogen (secondary N) is 2. The molecule has 1 aromatic carbocycles. The molecule has 0 radical (unpaired) electrons. The number of hydrogen-bond donors (Lipinski definition) is 2. The van der Waals surface area contributed by atoms with E-state index in [1.54, 1.807) is 0 Å². The van der Waals surface area contributed by atoms with E-state index in [4.69, 9.17) is 9.47 Å². The van der Waals surface area contributed by atoms with Gasteiger partial charge in [-0.3, -0.25) is 4.79 Å². The number of hydrogen-bond acceptors (Lipinski definition) is 4. The van der Waals surface area contributed by atoms with Gasteiger partial charge in [0, 0.05) is 18.8 Å². The second kappa shape index (κ2) is 6.91. The van der Waals surface area contributed by atoms with Crippen LogP contribution in [0, 0.1) is 0 Å². The van der Waals surface area contributed by atoms with Gasteiger partial charge in [-0.05, 0) is 30.4 Å². The fourth-order valence-corrected chi connectivity index (χ4v) is 2.86. The molecule has 0 spiro atoms. The molecule has 5 nitrogen and oxygen atoms in total. The third kappa shape index (κ3) is 3.54. The molecule has 0 bridgehead atoms. The Hall–Kier alpha value is -1.59. The fraction of sp³-hybridized carbons (Fsp3) is 0.562. The normalized spacial score (nSPS) is 21.2. The van der Waals surface area contributed by atoms with Gasteiger partial charge in [0.05, 0.1) is 19.8 Å². The van der Waals surface area contributed by atoms with Gasteiger partial charge in [-0.1, -0.05) is 18.2 Å². The van der Waals surface area contributed by atoms with Gasteiger partial charge < -0.3 is 20.1 Å². The Morgan fingerprint density at radius 1 is 1.38 bits per heavy atom. The molecular weight excluding hydrogens is 268 g/mol. The van der Waals surface area contributed by atoms with Crippen molar-refractivity contribution in [3.63, 3.8) is 0 Å². The lowest BCUT2D eigenvalue weighted by Gasteiger charge is -2.23. The number of amides is 1. The molecular formula is C16H22N2O3. The molecule has 1 saturated heterocycles. The van der Waals surface area contributed by atoms with Crippen molar-refractivity contribution in [2.45, 2.75) is 25.4 Å². The van der Waals surface area contributed by atoms with E-state index in [1.807, 2.05) is 0 Å². The van der Waals surface area contributed by atoms with Gasteiger partial charge in [0.25, 0.3) is 5.91 Å². The monoisotopic (exact) mass is 290 g/mol. The molecule has 5 heteroatoms. The molecule has 3 rings (SSSR count). The molecule has 1 fully saturated rings. The summed E-state index contributed by atoms with van der Waals surface area (Å²) in [4.78, 5) is 11.9. The summed E-state index contributed by atoms with van der Waals surface area (Å²) in [5.74, 6) is -0.0764. The predicted molar refractivity (Wildman–Crippen MR) is 80.5 cm³/mol. The Morgan fingerprint density at radius 3 is 3.19 bits per heavy atom. The molecule has 1 aromatic rings. The second-order valence-corrected chi connectivity index (χ2v) is 5.46. The largest absolute Gasteiger partial charge is 0.385 e. The van der Waals surface area contributed by atoms with Crippen LogP contribution in [0.2, 0.25) is 0 Å².